The minimum Gasteiger partial charge on any atom is -0.497 e. The molecule has 0 saturated carbocycles. The fraction of sp³-hybridized carbons (Fsp3) is 0.286. The quantitative estimate of drug-likeness (QED) is 0.818. The summed E-state index contributed by atoms with van der Waals surface area (Å²) in [4.78, 5) is 7.95. The largest absolute Gasteiger partial charge is 0.497 e. The van der Waals surface area contributed by atoms with Crippen LogP contribution in [0.2, 0.25) is 0 Å². The summed E-state index contributed by atoms with van der Waals surface area (Å²) in [5.74, 6) is 0.743. The van der Waals surface area contributed by atoms with Crippen molar-refractivity contribution in [2.24, 2.45) is 0 Å². The zero-order chi connectivity index (χ0) is 13.5. The van der Waals surface area contributed by atoms with Crippen molar-refractivity contribution in [3.05, 3.63) is 54.1 Å². The third-order valence-electron chi connectivity index (χ3n) is 2.77. The molecule has 1 aromatic heterocycles. The first-order valence-electron chi connectivity index (χ1n) is 6.07. The number of hydrogen-bond donors (Lipinski definition) is 2. The van der Waals surface area contributed by atoms with Crippen LogP contribution in [-0.2, 0) is 6.54 Å². The third-order valence-corrected chi connectivity index (χ3v) is 2.77. The first-order valence-corrected chi connectivity index (χ1v) is 6.07. The Kier molecular flexibility index (Phi) is 4.83. The van der Waals surface area contributed by atoms with E-state index in [2.05, 4.69) is 15.3 Å². The maximum atomic E-state index is 10.1. The second-order valence-corrected chi connectivity index (χ2v) is 4.12. The van der Waals surface area contributed by atoms with Crippen LogP contribution in [-0.4, -0.2) is 28.7 Å². The lowest BCUT2D eigenvalue weighted by molar-refractivity contribution is 0.174. The molecule has 0 aliphatic carbocycles. The molecular formula is C14H17N3O2. The average molecular weight is 259 g/mol. The Morgan fingerprint density at radius 1 is 1.37 bits per heavy atom. The molecule has 1 aromatic carbocycles. The molecule has 100 valence electrons. The molecule has 0 bridgehead atoms. The lowest BCUT2D eigenvalue weighted by atomic mass is 10.1. The van der Waals surface area contributed by atoms with Gasteiger partial charge in [0.25, 0.3) is 0 Å². The molecule has 1 atom stereocenters. The van der Waals surface area contributed by atoms with Crippen molar-refractivity contribution in [2.45, 2.75) is 12.6 Å². The molecule has 1 unspecified atom stereocenters. The van der Waals surface area contributed by atoms with Crippen LogP contribution in [0.25, 0.3) is 0 Å². The summed E-state index contributed by atoms with van der Waals surface area (Å²) in [6, 6.07) is 9.26. The van der Waals surface area contributed by atoms with Gasteiger partial charge in [-0.05, 0) is 23.8 Å². The average Bonchev–Trinajstić information content (AvgIpc) is 2.48. The molecule has 0 saturated heterocycles. The van der Waals surface area contributed by atoms with E-state index in [0.717, 1.165) is 17.0 Å². The fourth-order valence-electron chi connectivity index (χ4n) is 1.73. The summed E-state index contributed by atoms with van der Waals surface area (Å²) >= 11 is 0. The third kappa shape index (κ3) is 4.01. The van der Waals surface area contributed by atoms with Gasteiger partial charge in [-0.25, -0.2) is 9.97 Å². The molecule has 2 rings (SSSR count). The summed E-state index contributed by atoms with van der Waals surface area (Å²) in [6.45, 7) is 1.06. The highest BCUT2D eigenvalue weighted by molar-refractivity contribution is 5.29. The number of aliphatic hydroxyl groups excluding tert-OH is 1. The Morgan fingerprint density at radius 2 is 2.26 bits per heavy atom. The van der Waals surface area contributed by atoms with Gasteiger partial charge in [0.15, 0.2) is 0 Å². The lowest BCUT2D eigenvalue weighted by Crippen LogP contribution is -2.21. The van der Waals surface area contributed by atoms with Crippen molar-refractivity contribution in [3.8, 4) is 5.75 Å². The van der Waals surface area contributed by atoms with Crippen LogP contribution in [0, 0.1) is 0 Å². The highest BCUT2D eigenvalue weighted by atomic mass is 16.5. The van der Waals surface area contributed by atoms with Crippen LogP contribution in [0.5, 0.6) is 5.75 Å². The summed E-state index contributed by atoms with van der Waals surface area (Å²) in [7, 11) is 1.61. The van der Waals surface area contributed by atoms with E-state index >= 15 is 0 Å². The van der Waals surface area contributed by atoms with Gasteiger partial charge in [-0.3, -0.25) is 0 Å². The Bertz CT molecular complexity index is 505. The molecule has 5 nitrogen and oxygen atoms in total. The molecule has 0 radical (unpaired) electrons. The minimum atomic E-state index is -0.572. The number of benzene rings is 1. The van der Waals surface area contributed by atoms with Gasteiger partial charge < -0.3 is 15.2 Å². The van der Waals surface area contributed by atoms with Crippen LogP contribution in [0.15, 0.2) is 42.9 Å². The molecule has 5 heteroatoms. The molecular weight excluding hydrogens is 242 g/mol. The Balaban J connectivity index is 1.85. The van der Waals surface area contributed by atoms with E-state index in [1.54, 1.807) is 13.3 Å². The molecule has 1 heterocycles. The van der Waals surface area contributed by atoms with Crippen molar-refractivity contribution in [1.29, 1.82) is 0 Å². The number of aromatic nitrogens is 2. The van der Waals surface area contributed by atoms with E-state index < -0.39 is 6.10 Å². The molecule has 2 aromatic rings. The smallest absolute Gasteiger partial charge is 0.119 e. The Hall–Kier alpha value is -1.98. The highest BCUT2D eigenvalue weighted by Crippen LogP contribution is 2.18. The van der Waals surface area contributed by atoms with Gasteiger partial charge in [-0.15, -0.1) is 0 Å². The summed E-state index contributed by atoms with van der Waals surface area (Å²) in [6.07, 6.45) is 2.63. The number of methoxy groups -OCH3 is 1. The van der Waals surface area contributed by atoms with Gasteiger partial charge in [0, 0.05) is 19.3 Å². The van der Waals surface area contributed by atoms with E-state index in [1.807, 2.05) is 30.3 Å². The summed E-state index contributed by atoms with van der Waals surface area (Å²) in [5.41, 5.74) is 1.72. The van der Waals surface area contributed by atoms with Gasteiger partial charge in [0.1, 0.15) is 12.1 Å². The number of rotatable bonds is 6. The zero-order valence-corrected chi connectivity index (χ0v) is 10.8. The Morgan fingerprint density at radius 3 is 3.00 bits per heavy atom. The van der Waals surface area contributed by atoms with Crippen LogP contribution in [0.4, 0.5) is 0 Å². The molecule has 19 heavy (non-hydrogen) atoms. The maximum Gasteiger partial charge on any atom is 0.119 e. The summed E-state index contributed by atoms with van der Waals surface area (Å²) < 4.78 is 5.13. The topological polar surface area (TPSA) is 67.3 Å². The SMILES string of the molecule is COc1cccc(C(O)CNCc2ccncn2)c1. The zero-order valence-electron chi connectivity index (χ0n) is 10.8. The molecule has 0 spiro atoms. The molecule has 0 amide bonds. The van der Waals surface area contributed by atoms with Crippen molar-refractivity contribution >= 4 is 0 Å². The second kappa shape index (κ2) is 6.82. The van der Waals surface area contributed by atoms with E-state index in [9.17, 15) is 5.11 Å². The van der Waals surface area contributed by atoms with Crippen molar-refractivity contribution < 1.29 is 9.84 Å². The molecule has 0 aliphatic heterocycles. The van der Waals surface area contributed by atoms with Crippen molar-refractivity contribution in [2.75, 3.05) is 13.7 Å². The van der Waals surface area contributed by atoms with Gasteiger partial charge in [-0.1, -0.05) is 12.1 Å². The number of ether oxygens (including phenoxy) is 1. The van der Waals surface area contributed by atoms with E-state index in [4.69, 9.17) is 4.74 Å². The maximum absolute atomic E-state index is 10.1. The van der Waals surface area contributed by atoms with Gasteiger partial charge >= 0.3 is 0 Å². The molecule has 0 aliphatic rings. The second-order valence-electron chi connectivity index (χ2n) is 4.12. The van der Waals surface area contributed by atoms with Crippen LogP contribution < -0.4 is 10.1 Å². The van der Waals surface area contributed by atoms with Crippen molar-refractivity contribution in [1.82, 2.24) is 15.3 Å². The van der Waals surface area contributed by atoms with Crippen molar-refractivity contribution in [3.63, 3.8) is 0 Å². The first-order chi connectivity index (χ1) is 9.29. The van der Waals surface area contributed by atoms with Gasteiger partial charge in [0.2, 0.25) is 0 Å². The fourth-order valence-corrected chi connectivity index (χ4v) is 1.73. The lowest BCUT2D eigenvalue weighted by Gasteiger charge is -2.13. The normalized spacial score (nSPS) is 12.1. The number of aliphatic hydroxyl groups is 1. The van der Waals surface area contributed by atoms with Crippen LogP contribution >= 0.6 is 0 Å². The molecule has 0 fully saturated rings. The van der Waals surface area contributed by atoms with E-state index in [-0.39, 0.29) is 0 Å². The van der Waals surface area contributed by atoms with E-state index in [1.165, 1.54) is 6.33 Å². The number of nitrogens with one attached hydrogen (secondary N) is 1. The molecule has 2 N–H and O–H groups in total. The predicted molar refractivity (Wildman–Crippen MR) is 71.7 cm³/mol. The Labute approximate surface area is 112 Å². The number of hydrogen-bond acceptors (Lipinski definition) is 5. The van der Waals surface area contributed by atoms with Crippen LogP contribution in [0.1, 0.15) is 17.4 Å². The standard InChI is InChI=1S/C14H17N3O2/c1-19-13-4-2-3-11(7-13)14(18)9-16-8-12-5-6-15-10-17-12/h2-7,10,14,16,18H,8-9H2,1H3. The summed E-state index contributed by atoms with van der Waals surface area (Å²) in [5, 5.41) is 13.2. The number of nitrogens with zero attached hydrogens (tertiary/aromatic N) is 2. The minimum absolute atomic E-state index is 0.456. The van der Waals surface area contributed by atoms with Gasteiger partial charge in [0.05, 0.1) is 18.9 Å². The highest BCUT2D eigenvalue weighted by Gasteiger charge is 2.07. The van der Waals surface area contributed by atoms with Crippen LogP contribution in [0.3, 0.4) is 0 Å². The predicted octanol–water partition coefficient (Wildman–Crippen LogP) is 1.31. The monoisotopic (exact) mass is 259 g/mol. The van der Waals surface area contributed by atoms with Gasteiger partial charge in [-0.2, -0.15) is 0 Å². The first kappa shape index (κ1) is 13.5. The van der Waals surface area contributed by atoms with E-state index in [0.29, 0.717) is 13.1 Å².